The highest BCUT2D eigenvalue weighted by Gasteiger charge is 2.29. The van der Waals surface area contributed by atoms with Crippen molar-refractivity contribution in [2.75, 3.05) is 26.3 Å². The number of piperidine rings is 1. The SMILES string of the molecule is CCOC(=O)[C@H]1CCCN(C(=O)COc2ccccc2C(N)=O)C1. The third-order valence-electron chi connectivity index (χ3n) is 3.90. The van der Waals surface area contributed by atoms with Gasteiger partial charge in [-0.1, -0.05) is 12.1 Å². The Hall–Kier alpha value is -2.57. The average Bonchev–Trinajstić information content (AvgIpc) is 2.60. The van der Waals surface area contributed by atoms with Gasteiger partial charge in [-0.25, -0.2) is 0 Å². The molecule has 7 nitrogen and oxygen atoms in total. The third kappa shape index (κ3) is 4.47. The smallest absolute Gasteiger partial charge is 0.310 e. The van der Waals surface area contributed by atoms with Crippen LogP contribution in [0.5, 0.6) is 5.75 Å². The molecule has 0 saturated carbocycles. The summed E-state index contributed by atoms with van der Waals surface area (Å²) < 4.78 is 10.5. The summed E-state index contributed by atoms with van der Waals surface area (Å²) >= 11 is 0. The van der Waals surface area contributed by atoms with Crippen molar-refractivity contribution in [1.82, 2.24) is 4.90 Å². The van der Waals surface area contributed by atoms with Crippen molar-refractivity contribution < 1.29 is 23.9 Å². The Morgan fingerprint density at radius 1 is 1.29 bits per heavy atom. The minimum Gasteiger partial charge on any atom is -0.483 e. The fourth-order valence-corrected chi connectivity index (χ4v) is 2.68. The van der Waals surface area contributed by atoms with Gasteiger partial charge in [0.2, 0.25) is 0 Å². The number of rotatable bonds is 6. The molecule has 1 saturated heterocycles. The maximum Gasteiger partial charge on any atom is 0.310 e. The average molecular weight is 334 g/mol. The number of hydrogen-bond donors (Lipinski definition) is 1. The summed E-state index contributed by atoms with van der Waals surface area (Å²) in [7, 11) is 0. The van der Waals surface area contributed by atoms with Crippen LogP contribution in [0.2, 0.25) is 0 Å². The Balaban J connectivity index is 1.93. The van der Waals surface area contributed by atoms with Crippen LogP contribution in [0.4, 0.5) is 0 Å². The maximum absolute atomic E-state index is 12.3. The second kappa shape index (κ2) is 8.33. The van der Waals surface area contributed by atoms with Crippen molar-refractivity contribution in [2.45, 2.75) is 19.8 Å². The number of para-hydroxylation sites is 1. The molecule has 0 aliphatic carbocycles. The lowest BCUT2D eigenvalue weighted by atomic mass is 9.98. The van der Waals surface area contributed by atoms with E-state index in [1.807, 2.05) is 0 Å². The van der Waals surface area contributed by atoms with Crippen molar-refractivity contribution in [3.8, 4) is 5.75 Å². The molecule has 1 atom stereocenters. The first-order chi connectivity index (χ1) is 11.5. The molecule has 24 heavy (non-hydrogen) atoms. The number of benzene rings is 1. The van der Waals surface area contributed by atoms with Gasteiger partial charge in [-0.15, -0.1) is 0 Å². The number of nitrogens with two attached hydrogens (primary N) is 1. The number of esters is 1. The van der Waals surface area contributed by atoms with Gasteiger partial charge in [0.15, 0.2) is 6.61 Å². The number of nitrogens with zero attached hydrogens (tertiary/aromatic N) is 1. The van der Waals surface area contributed by atoms with E-state index in [0.29, 0.717) is 26.1 Å². The monoisotopic (exact) mass is 334 g/mol. The van der Waals surface area contributed by atoms with E-state index in [2.05, 4.69) is 0 Å². The van der Waals surface area contributed by atoms with Gasteiger partial charge in [-0.3, -0.25) is 14.4 Å². The lowest BCUT2D eigenvalue weighted by molar-refractivity contribution is -0.151. The predicted octanol–water partition coefficient (Wildman–Crippen LogP) is 0.966. The highest BCUT2D eigenvalue weighted by Crippen LogP contribution is 2.20. The van der Waals surface area contributed by atoms with Crippen LogP contribution in [0.25, 0.3) is 0 Å². The van der Waals surface area contributed by atoms with E-state index in [1.165, 1.54) is 0 Å². The van der Waals surface area contributed by atoms with Crippen LogP contribution in [-0.4, -0.2) is 49.0 Å². The molecule has 1 aliphatic rings. The number of primary amides is 1. The van der Waals surface area contributed by atoms with E-state index in [1.54, 1.807) is 36.1 Å². The van der Waals surface area contributed by atoms with Gasteiger partial charge in [0.05, 0.1) is 18.1 Å². The molecule has 0 bridgehead atoms. The number of hydrogen-bond acceptors (Lipinski definition) is 5. The minimum absolute atomic E-state index is 0.208. The summed E-state index contributed by atoms with van der Waals surface area (Å²) in [6.45, 7) is 2.79. The van der Waals surface area contributed by atoms with Gasteiger partial charge >= 0.3 is 5.97 Å². The van der Waals surface area contributed by atoms with E-state index < -0.39 is 5.91 Å². The molecule has 1 aromatic rings. The van der Waals surface area contributed by atoms with Gasteiger partial charge in [-0.2, -0.15) is 0 Å². The Labute approximate surface area is 140 Å². The van der Waals surface area contributed by atoms with Crippen LogP contribution in [0, 0.1) is 5.92 Å². The van der Waals surface area contributed by atoms with Crippen LogP contribution in [0.15, 0.2) is 24.3 Å². The topological polar surface area (TPSA) is 98.9 Å². The maximum atomic E-state index is 12.3. The molecule has 0 radical (unpaired) electrons. The zero-order valence-electron chi connectivity index (χ0n) is 13.7. The Kier molecular flexibility index (Phi) is 6.17. The van der Waals surface area contributed by atoms with Gasteiger partial charge in [0.1, 0.15) is 5.75 Å². The number of likely N-dealkylation sites (tertiary alicyclic amines) is 1. The zero-order valence-corrected chi connectivity index (χ0v) is 13.7. The molecule has 2 rings (SSSR count). The van der Waals surface area contributed by atoms with Crippen molar-refractivity contribution in [1.29, 1.82) is 0 Å². The summed E-state index contributed by atoms with van der Waals surface area (Å²) in [5.41, 5.74) is 5.51. The van der Waals surface area contributed by atoms with Gasteiger partial charge in [0.25, 0.3) is 11.8 Å². The molecule has 1 aliphatic heterocycles. The third-order valence-corrected chi connectivity index (χ3v) is 3.90. The van der Waals surface area contributed by atoms with E-state index >= 15 is 0 Å². The first kappa shape index (κ1) is 17.8. The molecule has 7 heteroatoms. The quantitative estimate of drug-likeness (QED) is 0.782. The van der Waals surface area contributed by atoms with Crippen molar-refractivity contribution in [3.05, 3.63) is 29.8 Å². The summed E-state index contributed by atoms with van der Waals surface area (Å²) in [5, 5.41) is 0. The summed E-state index contributed by atoms with van der Waals surface area (Å²) in [6, 6.07) is 6.50. The number of ether oxygens (including phenoxy) is 2. The minimum atomic E-state index is -0.613. The first-order valence-corrected chi connectivity index (χ1v) is 7.99. The van der Waals surface area contributed by atoms with Crippen LogP contribution in [0.3, 0.4) is 0 Å². The first-order valence-electron chi connectivity index (χ1n) is 7.99. The second-order valence-electron chi connectivity index (χ2n) is 5.58. The zero-order chi connectivity index (χ0) is 17.5. The number of carbonyl (C=O) groups is 3. The highest BCUT2D eigenvalue weighted by atomic mass is 16.5. The van der Waals surface area contributed by atoms with Crippen LogP contribution < -0.4 is 10.5 Å². The van der Waals surface area contributed by atoms with Crippen molar-refractivity contribution in [3.63, 3.8) is 0 Å². The molecule has 1 fully saturated rings. The van der Waals surface area contributed by atoms with Crippen molar-refractivity contribution >= 4 is 17.8 Å². The molecule has 0 unspecified atom stereocenters. The van der Waals surface area contributed by atoms with E-state index in [-0.39, 0.29) is 35.7 Å². The van der Waals surface area contributed by atoms with Gasteiger partial charge in [-0.05, 0) is 31.9 Å². The molecule has 0 aromatic heterocycles. The molecule has 2 N–H and O–H groups in total. The summed E-state index contributed by atoms with van der Waals surface area (Å²) in [6.07, 6.45) is 1.46. The summed E-state index contributed by atoms with van der Waals surface area (Å²) in [5.74, 6) is -1.13. The molecular formula is C17H22N2O5. The van der Waals surface area contributed by atoms with Crippen LogP contribution in [0.1, 0.15) is 30.1 Å². The molecular weight excluding hydrogens is 312 g/mol. The molecule has 1 aromatic carbocycles. The Morgan fingerprint density at radius 2 is 2.04 bits per heavy atom. The normalized spacial score (nSPS) is 17.2. The summed E-state index contributed by atoms with van der Waals surface area (Å²) in [4.78, 5) is 37.1. The molecule has 130 valence electrons. The van der Waals surface area contributed by atoms with Crippen LogP contribution in [-0.2, 0) is 14.3 Å². The molecule has 1 heterocycles. The Bertz CT molecular complexity index is 617. The standard InChI is InChI=1S/C17H22N2O5/c1-2-23-17(22)12-6-5-9-19(10-12)15(20)11-24-14-8-4-3-7-13(14)16(18)21/h3-4,7-8,12H,2,5-6,9-11H2,1H3,(H2,18,21)/t12-/m0/s1. The molecule has 2 amide bonds. The number of carbonyl (C=O) groups excluding carboxylic acids is 3. The second-order valence-corrected chi connectivity index (χ2v) is 5.58. The molecule has 0 spiro atoms. The van der Waals surface area contributed by atoms with E-state index in [4.69, 9.17) is 15.2 Å². The lowest BCUT2D eigenvalue weighted by Gasteiger charge is -2.31. The van der Waals surface area contributed by atoms with E-state index in [0.717, 1.165) is 6.42 Å². The largest absolute Gasteiger partial charge is 0.483 e. The van der Waals surface area contributed by atoms with Crippen LogP contribution >= 0.6 is 0 Å². The predicted molar refractivity (Wildman–Crippen MR) is 86.4 cm³/mol. The lowest BCUT2D eigenvalue weighted by Crippen LogP contribution is -2.44. The fourth-order valence-electron chi connectivity index (χ4n) is 2.68. The fraction of sp³-hybridized carbons (Fsp3) is 0.471. The van der Waals surface area contributed by atoms with Gasteiger partial charge in [0, 0.05) is 13.1 Å². The van der Waals surface area contributed by atoms with Gasteiger partial charge < -0.3 is 20.1 Å². The van der Waals surface area contributed by atoms with E-state index in [9.17, 15) is 14.4 Å². The Morgan fingerprint density at radius 3 is 2.75 bits per heavy atom. The van der Waals surface area contributed by atoms with Crippen molar-refractivity contribution in [2.24, 2.45) is 11.7 Å². The highest BCUT2D eigenvalue weighted by molar-refractivity contribution is 5.95. The number of amides is 2.